The van der Waals surface area contributed by atoms with Crippen molar-refractivity contribution in [3.63, 3.8) is 0 Å². The molecule has 0 atom stereocenters. The molecule has 0 aliphatic carbocycles. The lowest BCUT2D eigenvalue weighted by atomic mass is 10.1. The van der Waals surface area contributed by atoms with Crippen molar-refractivity contribution in [3.05, 3.63) is 63.7 Å². The predicted octanol–water partition coefficient (Wildman–Crippen LogP) is 2.72. The van der Waals surface area contributed by atoms with Crippen LogP contribution in [-0.4, -0.2) is 36.8 Å². The number of nitro groups is 1. The van der Waals surface area contributed by atoms with Gasteiger partial charge in [-0.25, -0.2) is 4.68 Å². The van der Waals surface area contributed by atoms with Gasteiger partial charge in [0.05, 0.1) is 10.5 Å². The first-order valence-electron chi connectivity index (χ1n) is 7.96. The Hall–Kier alpha value is -3.60. The SMILES string of the molecule is CC(=O)c1cccc(NC(=O)c2cc([N+](=O)[O-])ccc2Sc2nnnn2C)c1. The molecule has 0 saturated carbocycles. The third-order valence-electron chi connectivity index (χ3n) is 3.73. The van der Waals surface area contributed by atoms with Crippen LogP contribution in [0.3, 0.4) is 0 Å². The average Bonchev–Trinajstić information content (AvgIpc) is 3.06. The van der Waals surface area contributed by atoms with Crippen molar-refractivity contribution in [2.75, 3.05) is 5.32 Å². The van der Waals surface area contributed by atoms with Gasteiger partial charge >= 0.3 is 0 Å². The Balaban J connectivity index is 1.95. The number of carbonyl (C=O) groups is 2. The van der Waals surface area contributed by atoms with Crippen LogP contribution in [0.2, 0.25) is 0 Å². The molecule has 10 nitrogen and oxygen atoms in total. The number of Topliss-reactive ketones (excluding diaryl/α,β-unsaturated/α-hetero) is 1. The zero-order chi connectivity index (χ0) is 20.3. The summed E-state index contributed by atoms with van der Waals surface area (Å²) in [5.74, 6) is -0.695. The Bertz CT molecular complexity index is 1080. The van der Waals surface area contributed by atoms with E-state index in [0.717, 1.165) is 11.8 Å². The van der Waals surface area contributed by atoms with E-state index in [1.54, 1.807) is 25.2 Å². The first-order valence-corrected chi connectivity index (χ1v) is 8.78. The number of anilines is 1. The monoisotopic (exact) mass is 398 g/mol. The molecule has 1 N–H and O–H groups in total. The maximum Gasteiger partial charge on any atom is 0.270 e. The number of nitrogens with zero attached hydrogens (tertiary/aromatic N) is 5. The molecule has 0 spiro atoms. The van der Waals surface area contributed by atoms with E-state index in [4.69, 9.17) is 0 Å². The Morgan fingerprint density at radius 2 is 2.00 bits per heavy atom. The summed E-state index contributed by atoms with van der Waals surface area (Å²) in [5, 5.41) is 25.3. The molecule has 0 unspecified atom stereocenters. The van der Waals surface area contributed by atoms with Crippen molar-refractivity contribution in [2.24, 2.45) is 7.05 Å². The first kappa shape index (κ1) is 19.2. The van der Waals surface area contributed by atoms with Gasteiger partial charge in [0.1, 0.15) is 0 Å². The first-order chi connectivity index (χ1) is 13.3. The van der Waals surface area contributed by atoms with Crippen LogP contribution in [-0.2, 0) is 7.05 Å². The largest absolute Gasteiger partial charge is 0.322 e. The van der Waals surface area contributed by atoms with Crippen molar-refractivity contribution in [3.8, 4) is 0 Å². The highest BCUT2D eigenvalue weighted by Crippen LogP contribution is 2.31. The number of nitro benzene ring substituents is 1. The number of amides is 1. The highest BCUT2D eigenvalue weighted by atomic mass is 32.2. The molecule has 1 heterocycles. The molecule has 1 amide bonds. The van der Waals surface area contributed by atoms with E-state index in [0.29, 0.717) is 21.3 Å². The van der Waals surface area contributed by atoms with Crippen LogP contribution in [0.4, 0.5) is 11.4 Å². The second-order valence-electron chi connectivity index (χ2n) is 5.72. The van der Waals surface area contributed by atoms with Gasteiger partial charge in [0.25, 0.3) is 11.6 Å². The number of tetrazole rings is 1. The lowest BCUT2D eigenvalue weighted by molar-refractivity contribution is -0.384. The average molecular weight is 398 g/mol. The lowest BCUT2D eigenvalue weighted by Gasteiger charge is -2.10. The second kappa shape index (κ2) is 7.96. The maximum absolute atomic E-state index is 12.8. The number of non-ortho nitro benzene ring substituents is 1. The Morgan fingerprint density at radius 3 is 2.64 bits per heavy atom. The number of rotatable bonds is 6. The molecular formula is C17H14N6O4S. The molecule has 0 fully saturated rings. The molecule has 0 aliphatic heterocycles. The number of nitrogens with one attached hydrogen (secondary N) is 1. The number of aromatic nitrogens is 4. The van der Waals surface area contributed by atoms with E-state index in [2.05, 4.69) is 20.8 Å². The van der Waals surface area contributed by atoms with Gasteiger partial charge in [-0.1, -0.05) is 12.1 Å². The van der Waals surface area contributed by atoms with Gasteiger partial charge in [-0.3, -0.25) is 19.7 Å². The van der Waals surface area contributed by atoms with E-state index in [1.807, 2.05) is 0 Å². The van der Waals surface area contributed by atoms with Crippen LogP contribution in [0.5, 0.6) is 0 Å². The van der Waals surface area contributed by atoms with E-state index in [-0.39, 0.29) is 17.0 Å². The Labute approximate surface area is 163 Å². The van der Waals surface area contributed by atoms with Crippen LogP contribution in [0.25, 0.3) is 0 Å². The zero-order valence-electron chi connectivity index (χ0n) is 14.8. The fraction of sp³-hybridized carbons (Fsp3) is 0.118. The predicted molar refractivity (Wildman–Crippen MR) is 100 cm³/mol. The number of benzene rings is 2. The summed E-state index contributed by atoms with van der Waals surface area (Å²) in [7, 11) is 1.64. The minimum atomic E-state index is -0.578. The fourth-order valence-corrected chi connectivity index (χ4v) is 3.16. The molecule has 11 heteroatoms. The van der Waals surface area contributed by atoms with Crippen LogP contribution in [0, 0.1) is 10.1 Å². The highest BCUT2D eigenvalue weighted by molar-refractivity contribution is 7.99. The Kier molecular flexibility index (Phi) is 5.45. The molecule has 3 aromatic rings. The normalized spacial score (nSPS) is 10.5. The van der Waals surface area contributed by atoms with Gasteiger partial charge in [0.15, 0.2) is 5.78 Å². The molecule has 0 aliphatic rings. The zero-order valence-corrected chi connectivity index (χ0v) is 15.6. The molecule has 2 aromatic carbocycles. The van der Waals surface area contributed by atoms with E-state index in [9.17, 15) is 19.7 Å². The second-order valence-corrected chi connectivity index (χ2v) is 6.72. The summed E-state index contributed by atoms with van der Waals surface area (Å²) >= 11 is 1.10. The van der Waals surface area contributed by atoms with Crippen LogP contribution >= 0.6 is 11.8 Å². The molecule has 0 radical (unpaired) electrons. The van der Waals surface area contributed by atoms with Crippen LogP contribution in [0.15, 0.2) is 52.5 Å². The van der Waals surface area contributed by atoms with Crippen LogP contribution < -0.4 is 5.32 Å². The third kappa shape index (κ3) is 4.20. The number of ketones is 1. The van der Waals surface area contributed by atoms with Crippen LogP contribution in [0.1, 0.15) is 27.6 Å². The van der Waals surface area contributed by atoms with E-state index in [1.165, 1.54) is 35.9 Å². The summed E-state index contributed by atoms with van der Waals surface area (Å²) in [4.78, 5) is 35.3. The topological polar surface area (TPSA) is 133 Å². The van der Waals surface area contributed by atoms with E-state index < -0.39 is 10.8 Å². The summed E-state index contributed by atoms with van der Waals surface area (Å²) in [6, 6.07) is 10.4. The lowest BCUT2D eigenvalue weighted by Crippen LogP contribution is -2.14. The van der Waals surface area contributed by atoms with Crippen molar-refractivity contribution in [1.29, 1.82) is 0 Å². The molecular weight excluding hydrogens is 384 g/mol. The van der Waals surface area contributed by atoms with Crippen molar-refractivity contribution in [2.45, 2.75) is 17.0 Å². The van der Waals surface area contributed by atoms with Gasteiger partial charge in [0, 0.05) is 35.3 Å². The minimum absolute atomic E-state index is 0.0930. The Morgan fingerprint density at radius 1 is 1.21 bits per heavy atom. The molecule has 0 bridgehead atoms. The number of aryl methyl sites for hydroxylation is 1. The third-order valence-corrected chi connectivity index (χ3v) is 4.83. The molecule has 0 saturated heterocycles. The summed E-state index contributed by atoms with van der Waals surface area (Å²) in [6.45, 7) is 1.42. The van der Waals surface area contributed by atoms with Gasteiger partial charge in [-0.15, -0.1) is 5.10 Å². The summed E-state index contributed by atoms with van der Waals surface area (Å²) < 4.78 is 1.42. The van der Waals surface area contributed by atoms with Gasteiger partial charge in [-0.05, 0) is 47.3 Å². The molecule has 3 rings (SSSR count). The summed E-state index contributed by atoms with van der Waals surface area (Å²) in [6.07, 6.45) is 0. The van der Waals surface area contributed by atoms with Gasteiger partial charge in [0.2, 0.25) is 5.16 Å². The van der Waals surface area contributed by atoms with Crippen molar-refractivity contribution >= 4 is 34.8 Å². The quantitative estimate of drug-likeness (QED) is 0.381. The number of hydrogen-bond acceptors (Lipinski definition) is 8. The smallest absolute Gasteiger partial charge is 0.270 e. The molecule has 142 valence electrons. The minimum Gasteiger partial charge on any atom is -0.322 e. The fourth-order valence-electron chi connectivity index (χ4n) is 2.32. The maximum atomic E-state index is 12.8. The van der Waals surface area contributed by atoms with E-state index >= 15 is 0 Å². The molecule has 1 aromatic heterocycles. The highest BCUT2D eigenvalue weighted by Gasteiger charge is 2.19. The molecule has 28 heavy (non-hydrogen) atoms. The van der Waals surface area contributed by atoms with Gasteiger partial charge in [-0.2, -0.15) is 0 Å². The standard InChI is InChI=1S/C17H14N6O4S/c1-10(24)11-4-3-5-12(8-11)18-16(25)14-9-13(23(26)27)6-7-15(14)28-17-19-20-21-22(17)2/h3-9H,1-2H3,(H,18,25). The number of carbonyl (C=O) groups excluding carboxylic acids is 2. The van der Waals surface area contributed by atoms with Crippen molar-refractivity contribution in [1.82, 2.24) is 20.2 Å². The summed E-state index contributed by atoms with van der Waals surface area (Å²) in [5.41, 5.74) is 0.718. The number of hydrogen-bond donors (Lipinski definition) is 1. The van der Waals surface area contributed by atoms with Gasteiger partial charge < -0.3 is 5.32 Å². The van der Waals surface area contributed by atoms with Crippen molar-refractivity contribution < 1.29 is 14.5 Å².